The second-order valence-electron chi connectivity index (χ2n) is 3.09. The van der Waals surface area contributed by atoms with Crippen molar-refractivity contribution in [1.82, 2.24) is 5.06 Å². The molecule has 4 heteroatoms. The highest BCUT2D eigenvalue weighted by atomic mass is 16.7. The Kier molecular flexibility index (Phi) is 4.78. The number of ether oxygens (including phenoxy) is 1. The molecule has 76 valence electrons. The molecule has 0 aromatic rings. The van der Waals surface area contributed by atoms with E-state index in [9.17, 15) is 4.79 Å². The van der Waals surface area contributed by atoms with Crippen LogP contribution in [0.1, 0.15) is 26.2 Å². The molecule has 0 radical (unpaired) electrons. The number of nitrogens with zero attached hydrogens (tertiary/aromatic N) is 1. The summed E-state index contributed by atoms with van der Waals surface area (Å²) in [5.41, 5.74) is 0. The summed E-state index contributed by atoms with van der Waals surface area (Å²) in [4.78, 5) is 16.5. The van der Waals surface area contributed by atoms with Crippen molar-refractivity contribution in [1.29, 1.82) is 0 Å². The molecule has 0 saturated carbocycles. The largest absolute Gasteiger partial charge is 0.372 e. The van der Waals surface area contributed by atoms with Gasteiger partial charge < -0.3 is 4.74 Å². The standard InChI is InChI=1S/C9H17NO3/c1-2-6-12-8-9(11)10-5-3-4-7-13-10/h2-8H2,1H3. The predicted molar refractivity (Wildman–Crippen MR) is 48.0 cm³/mol. The maximum Gasteiger partial charge on any atom is 0.272 e. The average Bonchev–Trinajstić information content (AvgIpc) is 2.19. The topological polar surface area (TPSA) is 38.8 Å². The average molecular weight is 187 g/mol. The van der Waals surface area contributed by atoms with Crippen LogP contribution in [0.5, 0.6) is 0 Å². The number of amides is 1. The summed E-state index contributed by atoms with van der Waals surface area (Å²) < 4.78 is 5.13. The summed E-state index contributed by atoms with van der Waals surface area (Å²) in [6.07, 6.45) is 3.01. The lowest BCUT2D eigenvalue weighted by atomic mass is 10.3. The molecular formula is C9H17NO3. The summed E-state index contributed by atoms with van der Waals surface area (Å²) in [5.74, 6) is -0.0619. The van der Waals surface area contributed by atoms with Gasteiger partial charge >= 0.3 is 0 Å². The number of hydrogen-bond acceptors (Lipinski definition) is 3. The lowest BCUT2D eigenvalue weighted by Crippen LogP contribution is -2.38. The fourth-order valence-electron chi connectivity index (χ4n) is 1.17. The summed E-state index contributed by atoms with van der Waals surface area (Å²) >= 11 is 0. The van der Waals surface area contributed by atoms with E-state index in [-0.39, 0.29) is 12.5 Å². The van der Waals surface area contributed by atoms with Gasteiger partial charge in [-0.2, -0.15) is 0 Å². The molecule has 1 saturated heterocycles. The van der Waals surface area contributed by atoms with E-state index in [1.807, 2.05) is 6.92 Å². The fourth-order valence-corrected chi connectivity index (χ4v) is 1.17. The van der Waals surface area contributed by atoms with Crippen LogP contribution in [0.2, 0.25) is 0 Å². The van der Waals surface area contributed by atoms with Gasteiger partial charge in [-0.05, 0) is 19.3 Å². The molecule has 0 bridgehead atoms. The van der Waals surface area contributed by atoms with Crippen molar-refractivity contribution in [3.63, 3.8) is 0 Å². The summed E-state index contributed by atoms with van der Waals surface area (Å²) in [7, 11) is 0. The zero-order valence-electron chi connectivity index (χ0n) is 8.12. The van der Waals surface area contributed by atoms with Crippen molar-refractivity contribution in [2.24, 2.45) is 0 Å². The second-order valence-corrected chi connectivity index (χ2v) is 3.09. The number of rotatable bonds is 4. The van der Waals surface area contributed by atoms with Crippen molar-refractivity contribution >= 4 is 5.91 Å². The van der Waals surface area contributed by atoms with Gasteiger partial charge in [0.2, 0.25) is 0 Å². The normalized spacial score (nSPS) is 17.5. The molecule has 1 fully saturated rings. The molecule has 0 aromatic carbocycles. The first kappa shape index (κ1) is 10.5. The third-order valence-electron chi connectivity index (χ3n) is 1.85. The Morgan fingerprint density at radius 1 is 1.54 bits per heavy atom. The van der Waals surface area contributed by atoms with E-state index in [2.05, 4.69) is 0 Å². The summed E-state index contributed by atoms with van der Waals surface area (Å²) in [6.45, 7) is 4.16. The number of hydroxylamine groups is 2. The third-order valence-corrected chi connectivity index (χ3v) is 1.85. The first-order valence-electron chi connectivity index (χ1n) is 4.85. The van der Waals surface area contributed by atoms with Gasteiger partial charge in [0.25, 0.3) is 5.91 Å². The predicted octanol–water partition coefficient (Wildman–Crippen LogP) is 0.967. The van der Waals surface area contributed by atoms with Crippen LogP contribution in [0, 0.1) is 0 Å². The third kappa shape index (κ3) is 3.74. The van der Waals surface area contributed by atoms with E-state index < -0.39 is 0 Å². The van der Waals surface area contributed by atoms with Crippen LogP contribution in [-0.4, -0.2) is 37.3 Å². The van der Waals surface area contributed by atoms with Gasteiger partial charge in [0.1, 0.15) is 6.61 Å². The van der Waals surface area contributed by atoms with E-state index in [1.54, 1.807) is 0 Å². The van der Waals surface area contributed by atoms with E-state index in [0.717, 1.165) is 19.3 Å². The molecule has 1 amide bonds. The molecule has 0 aromatic heterocycles. The zero-order valence-corrected chi connectivity index (χ0v) is 8.12. The van der Waals surface area contributed by atoms with E-state index in [1.165, 1.54) is 5.06 Å². The summed E-state index contributed by atoms with van der Waals surface area (Å²) in [6, 6.07) is 0. The maximum absolute atomic E-state index is 11.3. The Hall–Kier alpha value is -0.610. The lowest BCUT2D eigenvalue weighted by Gasteiger charge is -2.25. The van der Waals surface area contributed by atoms with Crippen molar-refractivity contribution in [2.45, 2.75) is 26.2 Å². The van der Waals surface area contributed by atoms with Crippen molar-refractivity contribution in [2.75, 3.05) is 26.4 Å². The number of carbonyl (C=O) groups excluding carboxylic acids is 1. The molecular weight excluding hydrogens is 170 g/mol. The molecule has 1 aliphatic rings. The van der Waals surface area contributed by atoms with Crippen LogP contribution in [0.3, 0.4) is 0 Å². The van der Waals surface area contributed by atoms with Crippen LogP contribution in [0.25, 0.3) is 0 Å². The van der Waals surface area contributed by atoms with Crippen LogP contribution in [-0.2, 0) is 14.4 Å². The minimum atomic E-state index is -0.0619. The molecule has 4 nitrogen and oxygen atoms in total. The number of hydrogen-bond donors (Lipinski definition) is 0. The fraction of sp³-hybridized carbons (Fsp3) is 0.889. The molecule has 1 rings (SSSR count). The van der Waals surface area contributed by atoms with Gasteiger partial charge in [-0.15, -0.1) is 0 Å². The monoisotopic (exact) mass is 187 g/mol. The van der Waals surface area contributed by atoms with Gasteiger partial charge in [0, 0.05) is 13.2 Å². The van der Waals surface area contributed by atoms with E-state index >= 15 is 0 Å². The van der Waals surface area contributed by atoms with Gasteiger partial charge in [-0.25, -0.2) is 5.06 Å². The Morgan fingerprint density at radius 3 is 3.00 bits per heavy atom. The molecule has 0 atom stereocenters. The van der Waals surface area contributed by atoms with Gasteiger partial charge in [-0.3, -0.25) is 9.63 Å². The SMILES string of the molecule is CCCOCC(=O)N1CCCCO1. The van der Waals surface area contributed by atoms with Crippen molar-refractivity contribution in [3.05, 3.63) is 0 Å². The van der Waals surface area contributed by atoms with Crippen LogP contribution >= 0.6 is 0 Å². The molecule has 1 aliphatic heterocycles. The lowest BCUT2D eigenvalue weighted by molar-refractivity contribution is -0.200. The molecule has 0 unspecified atom stereocenters. The van der Waals surface area contributed by atoms with Crippen LogP contribution < -0.4 is 0 Å². The van der Waals surface area contributed by atoms with Crippen molar-refractivity contribution < 1.29 is 14.4 Å². The van der Waals surface area contributed by atoms with Gasteiger partial charge in [-0.1, -0.05) is 6.92 Å². The Balaban J connectivity index is 2.13. The minimum Gasteiger partial charge on any atom is -0.372 e. The molecule has 0 spiro atoms. The van der Waals surface area contributed by atoms with Crippen molar-refractivity contribution in [3.8, 4) is 0 Å². The Morgan fingerprint density at radius 2 is 2.38 bits per heavy atom. The van der Waals surface area contributed by atoms with Gasteiger partial charge in [0.15, 0.2) is 0 Å². The molecule has 13 heavy (non-hydrogen) atoms. The van der Waals surface area contributed by atoms with Gasteiger partial charge in [0.05, 0.1) is 6.61 Å². The Labute approximate surface area is 78.8 Å². The minimum absolute atomic E-state index is 0.0619. The quantitative estimate of drug-likeness (QED) is 0.615. The van der Waals surface area contributed by atoms with Crippen LogP contribution in [0.4, 0.5) is 0 Å². The van der Waals surface area contributed by atoms with E-state index in [0.29, 0.717) is 19.8 Å². The van der Waals surface area contributed by atoms with E-state index in [4.69, 9.17) is 9.57 Å². The number of carbonyl (C=O) groups is 1. The molecule has 0 aliphatic carbocycles. The summed E-state index contributed by atoms with van der Waals surface area (Å²) in [5, 5.41) is 1.42. The first-order chi connectivity index (χ1) is 6.34. The highest BCUT2D eigenvalue weighted by Gasteiger charge is 2.17. The first-order valence-corrected chi connectivity index (χ1v) is 4.85. The maximum atomic E-state index is 11.3. The van der Waals surface area contributed by atoms with Crippen LogP contribution in [0.15, 0.2) is 0 Å². The smallest absolute Gasteiger partial charge is 0.272 e. The Bertz CT molecular complexity index is 155. The zero-order chi connectivity index (χ0) is 9.52. The molecule has 0 N–H and O–H groups in total. The molecule has 1 heterocycles. The highest BCUT2D eigenvalue weighted by Crippen LogP contribution is 2.05. The highest BCUT2D eigenvalue weighted by molar-refractivity contribution is 5.76. The second kappa shape index (κ2) is 5.94.